The third-order valence-electron chi connectivity index (χ3n) is 2.94. The van der Waals surface area contributed by atoms with Gasteiger partial charge in [0.2, 0.25) is 0 Å². The van der Waals surface area contributed by atoms with Crippen molar-refractivity contribution in [2.45, 2.75) is 36.8 Å². The van der Waals surface area contributed by atoms with E-state index in [1.165, 1.54) is 0 Å². The lowest BCUT2D eigenvalue weighted by Crippen LogP contribution is -2.07. The molecule has 0 spiro atoms. The second kappa shape index (κ2) is 4.90. The second-order valence-corrected chi connectivity index (χ2v) is 8.45. The van der Waals surface area contributed by atoms with Crippen molar-refractivity contribution in [2.75, 3.05) is 5.75 Å². The summed E-state index contributed by atoms with van der Waals surface area (Å²) in [5.41, 5.74) is 1.06. The highest BCUT2D eigenvalue weighted by molar-refractivity contribution is 8.00. The summed E-state index contributed by atoms with van der Waals surface area (Å²) in [4.78, 5) is 0.315. The van der Waals surface area contributed by atoms with Crippen LogP contribution in [0.25, 0.3) is 0 Å². The van der Waals surface area contributed by atoms with Gasteiger partial charge in [-0.1, -0.05) is 35.3 Å². The Kier molecular flexibility index (Phi) is 3.68. The summed E-state index contributed by atoms with van der Waals surface area (Å²) in [6.07, 6.45) is 2.19. The minimum absolute atomic E-state index is 0.310. The van der Waals surface area contributed by atoms with Crippen molar-refractivity contribution in [1.82, 2.24) is 0 Å². The van der Waals surface area contributed by atoms with E-state index in [0.717, 1.165) is 24.2 Å². The van der Waals surface area contributed by atoms with Crippen LogP contribution in [0.1, 0.15) is 25.3 Å². The van der Waals surface area contributed by atoms with Crippen LogP contribution >= 0.6 is 0 Å². The van der Waals surface area contributed by atoms with Gasteiger partial charge >= 0.3 is 0 Å². The molecule has 5 heteroatoms. The fourth-order valence-electron chi connectivity index (χ4n) is 1.85. The third-order valence-corrected chi connectivity index (χ3v) is 7.23. The molecule has 0 bridgehead atoms. The van der Waals surface area contributed by atoms with E-state index in [9.17, 15) is 8.42 Å². The van der Waals surface area contributed by atoms with Gasteiger partial charge in [0.15, 0.2) is 0 Å². The van der Waals surface area contributed by atoms with E-state index in [1.54, 1.807) is 12.1 Å². The summed E-state index contributed by atoms with van der Waals surface area (Å²) in [6, 6.07) is 6.89. The first-order valence-electron chi connectivity index (χ1n) is 5.73. The molecule has 1 aliphatic heterocycles. The average Bonchev–Trinajstić information content (AvgIpc) is 2.64. The highest BCUT2D eigenvalue weighted by Crippen LogP contribution is 2.22. The van der Waals surface area contributed by atoms with Gasteiger partial charge in [-0.05, 0) is 31.9 Å². The van der Waals surface area contributed by atoms with Gasteiger partial charge in [-0.15, -0.1) is 3.77 Å². The van der Waals surface area contributed by atoms with E-state index in [-0.39, 0.29) is 10.7 Å². The Labute approximate surface area is 105 Å². The molecular formula is C12H17NO2S2. The Morgan fingerprint density at radius 2 is 1.94 bits per heavy atom. The summed E-state index contributed by atoms with van der Waals surface area (Å²) < 4.78 is 28.3. The molecule has 0 amide bonds. The maximum absolute atomic E-state index is 12.1. The molecule has 1 aliphatic rings. The molecule has 0 aliphatic carbocycles. The molecule has 1 aromatic rings. The third kappa shape index (κ3) is 2.96. The van der Waals surface area contributed by atoms with Gasteiger partial charge in [0.05, 0.1) is 4.90 Å². The van der Waals surface area contributed by atoms with E-state index in [2.05, 4.69) is 10.7 Å². The van der Waals surface area contributed by atoms with E-state index in [1.807, 2.05) is 19.1 Å². The lowest BCUT2D eigenvalue weighted by atomic mass is 10.2. The van der Waals surface area contributed by atoms with Crippen LogP contribution in [0.4, 0.5) is 0 Å². The molecule has 17 heavy (non-hydrogen) atoms. The monoisotopic (exact) mass is 271 g/mol. The molecule has 0 saturated carbocycles. The Morgan fingerprint density at radius 3 is 2.47 bits per heavy atom. The SMILES string of the molecule is Cc1ccc(S(=O)(=O)N=S2CCC[C@H]2C)cc1. The van der Waals surface area contributed by atoms with Gasteiger partial charge in [0.1, 0.15) is 0 Å². The number of hydrogen-bond acceptors (Lipinski definition) is 2. The van der Waals surface area contributed by atoms with Crippen LogP contribution in [0, 0.1) is 6.92 Å². The van der Waals surface area contributed by atoms with Crippen LogP contribution in [-0.4, -0.2) is 19.4 Å². The van der Waals surface area contributed by atoms with Gasteiger partial charge in [0, 0.05) is 11.0 Å². The largest absolute Gasteiger partial charge is 0.287 e. The van der Waals surface area contributed by atoms with Gasteiger partial charge in [-0.2, -0.15) is 8.42 Å². The van der Waals surface area contributed by atoms with E-state index < -0.39 is 10.0 Å². The van der Waals surface area contributed by atoms with Gasteiger partial charge in [-0.3, -0.25) is 0 Å². The maximum atomic E-state index is 12.1. The first kappa shape index (κ1) is 12.8. The van der Waals surface area contributed by atoms with Gasteiger partial charge in [0.25, 0.3) is 10.0 Å². The number of nitrogens with zero attached hydrogens (tertiary/aromatic N) is 1. The number of sulfonamides is 1. The predicted octanol–water partition coefficient (Wildman–Crippen LogP) is 2.67. The lowest BCUT2D eigenvalue weighted by Gasteiger charge is -2.05. The van der Waals surface area contributed by atoms with Crippen molar-refractivity contribution in [2.24, 2.45) is 3.77 Å². The summed E-state index contributed by atoms with van der Waals surface area (Å²) >= 11 is 0. The van der Waals surface area contributed by atoms with Gasteiger partial charge in [-0.25, -0.2) is 0 Å². The molecule has 2 atom stereocenters. The number of rotatable bonds is 2. The first-order chi connectivity index (χ1) is 7.99. The molecule has 0 N–H and O–H groups in total. The Bertz CT molecular complexity index is 532. The molecule has 1 heterocycles. The lowest BCUT2D eigenvalue weighted by molar-refractivity contribution is 0.598. The molecule has 2 rings (SSSR count). The fraction of sp³-hybridized carbons (Fsp3) is 0.500. The quantitative estimate of drug-likeness (QED) is 0.830. The minimum atomic E-state index is -3.46. The van der Waals surface area contributed by atoms with Crippen molar-refractivity contribution in [3.63, 3.8) is 0 Å². The van der Waals surface area contributed by atoms with E-state index in [4.69, 9.17) is 0 Å². The number of aryl methyl sites for hydroxylation is 1. The van der Waals surface area contributed by atoms with Crippen molar-refractivity contribution < 1.29 is 8.42 Å². The maximum Gasteiger partial charge on any atom is 0.287 e. The molecule has 3 nitrogen and oxygen atoms in total. The van der Waals surface area contributed by atoms with Crippen LogP contribution in [0.2, 0.25) is 0 Å². The molecule has 0 aromatic heterocycles. The predicted molar refractivity (Wildman–Crippen MR) is 71.7 cm³/mol. The zero-order valence-corrected chi connectivity index (χ0v) is 11.7. The van der Waals surface area contributed by atoms with Gasteiger partial charge < -0.3 is 0 Å². The fourth-order valence-corrected chi connectivity index (χ4v) is 5.87. The van der Waals surface area contributed by atoms with Crippen LogP contribution in [0.3, 0.4) is 0 Å². The molecule has 1 aromatic carbocycles. The first-order valence-corrected chi connectivity index (χ1v) is 8.59. The van der Waals surface area contributed by atoms with Crippen LogP contribution in [-0.2, 0) is 20.7 Å². The highest BCUT2D eigenvalue weighted by Gasteiger charge is 2.20. The van der Waals surface area contributed by atoms with Crippen LogP contribution in [0.5, 0.6) is 0 Å². The summed E-state index contributed by atoms with van der Waals surface area (Å²) in [7, 11) is -3.77. The summed E-state index contributed by atoms with van der Waals surface area (Å²) in [5.74, 6) is 0.923. The Balaban J connectivity index is 2.34. The topological polar surface area (TPSA) is 46.5 Å². The van der Waals surface area contributed by atoms with Crippen molar-refractivity contribution in [3.05, 3.63) is 29.8 Å². The normalized spacial score (nSPS) is 25.3. The van der Waals surface area contributed by atoms with Crippen molar-refractivity contribution >= 4 is 20.7 Å². The molecule has 1 fully saturated rings. The summed E-state index contributed by atoms with van der Waals surface area (Å²) in [6.45, 7) is 4.03. The molecule has 94 valence electrons. The highest BCUT2D eigenvalue weighted by atomic mass is 32.3. The molecular weight excluding hydrogens is 254 g/mol. The summed E-state index contributed by atoms with van der Waals surface area (Å²) in [5, 5.41) is 0.412. The second-order valence-electron chi connectivity index (χ2n) is 4.42. The van der Waals surface area contributed by atoms with E-state index in [0.29, 0.717) is 10.1 Å². The Morgan fingerprint density at radius 1 is 1.29 bits per heavy atom. The molecule has 1 unspecified atom stereocenters. The number of benzene rings is 1. The van der Waals surface area contributed by atoms with E-state index >= 15 is 0 Å². The number of hydrogen-bond donors (Lipinski definition) is 0. The average molecular weight is 271 g/mol. The van der Waals surface area contributed by atoms with Crippen LogP contribution < -0.4 is 0 Å². The minimum Gasteiger partial charge on any atom is -0.199 e. The van der Waals surface area contributed by atoms with Crippen molar-refractivity contribution in [1.29, 1.82) is 0 Å². The smallest absolute Gasteiger partial charge is 0.199 e. The Hall–Kier alpha value is -0.680. The zero-order chi connectivity index (χ0) is 12.5. The van der Waals surface area contributed by atoms with Crippen molar-refractivity contribution in [3.8, 4) is 0 Å². The standard InChI is InChI=1S/C12H17NO2S2/c1-10-5-7-12(8-6-10)17(14,15)13-16-9-3-4-11(16)2/h5-8,11H,3-4,9H2,1-2H3/t11-,16?/m1/s1. The zero-order valence-electron chi connectivity index (χ0n) is 10.1. The molecule has 0 radical (unpaired) electrons. The molecule has 1 saturated heterocycles. The van der Waals surface area contributed by atoms with Crippen LogP contribution in [0.15, 0.2) is 32.9 Å².